The van der Waals surface area contributed by atoms with E-state index >= 15 is 0 Å². The maximum Gasteiger partial charge on any atom is 0.160 e. The van der Waals surface area contributed by atoms with Crippen LogP contribution < -0.4 is 0 Å². The van der Waals surface area contributed by atoms with Crippen molar-refractivity contribution in [1.82, 2.24) is 0 Å². The SMILES string of the molecule is C/C(=C/C(=O)Cc1ccccc1)Cc1ccccc1. The van der Waals surface area contributed by atoms with Crippen LogP contribution in [0.25, 0.3) is 0 Å². The highest BCUT2D eigenvalue weighted by molar-refractivity contribution is 5.92. The monoisotopic (exact) mass is 250 g/mol. The molecule has 0 amide bonds. The molecule has 19 heavy (non-hydrogen) atoms. The van der Waals surface area contributed by atoms with Gasteiger partial charge in [0.25, 0.3) is 0 Å². The topological polar surface area (TPSA) is 17.1 Å². The number of rotatable bonds is 5. The Bertz CT molecular complexity index is 553. The molecule has 1 heteroatoms. The third kappa shape index (κ3) is 4.55. The van der Waals surface area contributed by atoms with Crippen molar-refractivity contribution in [2.45, 2.75) is 19.8 Å². The second kappa shape index (κ2) is 6.69. The average molecular weight is 250 g/mol. The zero-order valence-corrected chi connectivity index (χ0v) is 11.2. The van der Waals surface area contributed by atoms with Crippen LogP contribution in [0.2, 0.25) is 0 Å². The highest BCUT2D eigenvalue weighted by atomic mass is 16.1. The first-order valence-electron chi connectivity index (χ1n) is 6.52. The van der Waals surface area contributed by atoms with E-state index in [2.05, 4.69) is 12.1 Å². The van der Waals surface area contributed by atoms with Gasteiger partial charge >= 0.3 is 0 Å². The fourth-order valence-electron chi connectivity index (χ4n) is 2.09. The summed E-state index contributed by atoms with van der Waals surface area (Å²) >= 11 is 0. The first-order chi connectivity index (χ1) is 9.24. The van der Waals surface area contributed by atoms with Crippen molar-refractivity contribution in [3.05, 3.63) is 83.4 Å². The van der Waals surface area contributed by atoms with Gasteiger partial charge in [0.2, 0.25) is 0 Å². The van der Waals surface area contributed by atoms with Crippen LogP contribution in [-0.2, 0) is 17.6 Å². The number of hydrogen-bond donors (Lipinski definition) is 0. The summed E-state index contributed by atoms with van der Waals surface area (Å²) in [7, 11) is 0. The molecule has 0 aliphatic heterocycles. The minimum absolute atomic E-state index is 0.166. The molecule has 0 aromatic heterocycles. The summed E-state index contributed by atoms with van der Waals surface area (Å²) in [5.74, 6) is 0.166. The number of benzene rings is 2. The molecule has 1 nitrogen and oxygen atoms in total. The lowest BCUT2D eigenvalue weighted by Crippen LogP contribution is -2.00. The van der Waals surface area contributed by atoms with E-state index in [1.165, 1.54) is 5.56 Å². The zero-order chi connectivity index (χ0) is 13.5. The van der Waals surface area contributed by atoms with Crippen molar-refractivity contribution in [3.8, 4) is 0 Å². The lowest BCUT2D eigenvalue weighted by molar-refractivity contribution is -0.114. The largest absolute Gasteiger partial charge is 0.294 e. The van der Waals surface area contributed by atoms with Gasteiger partial charge in [0.05, 0.1) is 0 Å². The van der Waals surface area contributed by atoms with E-state index in [0.717, 1.165) is 17.6 Å². The van der Waals surface area contributed by atoms with Gasteiger partial charge in [0.15, 0.2) is 5.78 Å². The van der Waals surface area contributed by atoms with Crippen LogP contribution in [0.1, 0.15) is 18.1 Å². The van der Waals surface area contributed by atoms with Crippen LogP contribution in [0.5, 0.6) is 0 Å². The maximum absolute atomic E-state index is 11.9. The van der Waals surface area contributed by atoms with Crippen LogP contribution in [0, 0.1) is 0 Å². The van der Waals surface area contributed by atoms with E-state index in [-0.39, 0.29) is 5.78 Å². The highest BCUT2D eigenvalue weighted by Crippen LogP contribution is 2.08. The molecule has 0 aliphatic rings. The molecule has 0 unspecified atom stereocenters. The maximum atomic E-state index is 11.9. The molecule has 2 aromatic rings. The number of carbonyl (C=O) groups is 1. The lowest BCUT2D eigenvalue weighted by Gasteiger charge is -2.02. The van der Waals surface area contributed by atoms with Crippen molar-refractivity contribution in [1.29, 1.82) is 0 Å². The molecule has 0 N–H and O–H groups in total. The normalized spacial score (nSPS) is 11.3. The molecule has 0 fully saturated rings. The highest BCUT2D eigenvalue weighted by Gasteiger charge is 2.01. The summed E-state index contributed by atoms with van der Waals surface area (Å²) < 4.78 is 0. The average Bonchev–Trinajstić information content (AvgIpc) is 2.40. The Morgan fingerprint density at radius 3 is 1.84 bits per heavy atom. The van der Waals surface area contributed by atoms with Gasteiger partial charge in [0.1, 0.15) is 0 Å². The molecule has 0 bridgehead atoms. The smallest absolute Gasteiger partial charge is 0.160 e. The quantitative estimate of drug-likeness (QED) is 0.733. The van der Waals surface area contributed by atoms with Gasteiger partial charge in [-0.1, -0.05) is 66.2 Å². The molecule has 0 saturated heterocycles. The summed E-state index contributed by atoms with van der Waals surface area (Å²) in [6.45, 7) is 2.01. The summed E-state index contributed by atoms with van der Waals surface area (Å²) in [6.07, 6.45) is 3.08. The molecule has 0 aliphatic carbocycles. The number of allylic oxidation sites excluding steroid dienone is 2. The Hall–Kier alpha value is -2.15. The Morgan fingerprint density at radius 1 is 0.842 bits per heavy atom. The van der Waals surface area contributed by atoms with E-state index in [0.29, 0.717) is 6.42 Å². The molecule has 0 saturated carbocycles. The van der Waals surface area contributed by atoms with Crippen molar-refractivity contribution in [3.63, 3.8) is 0 Å². The number of carbonyl (C=O) groups excluding carboxylic acids is 1. The molecule has 0 spiro atoms. The summed E-state index contributed by atoms with van der Waals surface area (Å²) in [5.41, 5.74) is 3.41. The van der Waals surface area contributed by atoms with Gasteiger partial charge in [-0.3, -0.25) is 4.79 Å². The molecule has 0 heterocycles. The number of ketones is 1. The Morgan fingerprint density at radius 2 is 1.32 bits per heavy atom. The third-order valence-corrected chi connectivity index (χ3v) is 2.95. The molecular weight excluding hydrogens is 232 g/mol. The molecular formula is C18H18O. The van der Waals surface area contributed by atoms with Crippen LogP contribution in [0.3, 0.4) is 0 Å². The summed E-state index contributed by atoms with van der Waals surface area (Å²) in [4.78, 5) is 11.9. The second-order valence-corrected chi connectivity index (χ2v) is 4.78. The van der Waals surface area contributed by atoms with Crippen molar-refractivity contribution in [2.75, 3.05) is 0 Å². The summed E-state index contributed by atoms with van der Waals surface area (Å²) in [5, 5.41) is 0. The molecule has 0 radical (unpaired) electrons. The van der Waals surface area contributed by atoms with E-state index in [1.54, 1.807) is 6.08 Å². The second-order valence-electron chi connectivity index (χ2n) is 4.78. The van der Waals surface area contributed by atoms with E-state index in [4.69, 9.17) is 0 Å². The summed E-state index contributed by atoms with van der Waals surface area (Å²) in [6, 6.07) is 20.1. The fraction of sp³-hybridized carbons (Fsp3) is 0.167. The van der Waals surface area contributed by atoms with Gasteiger partial charge in [-0.05, 0) is 30.5 Å². The molecule has 96 valence electrons. The molecule has 2 aromatic carbocycles. The fourth-order valence-corrected chi connectivity index (χ4v) is 2.09. The van der Waals surface area contributed by atoms with Crippen LogP contribution in [0.15, 0.2) is 72.3 Å². The van der Waals surface area contributed by atoms with Gasteiger partial charge in [0, 0.05) is 6.42 Å². The number of hydrogen-bond acceptors (Lipinski definition) is 1. The van der Waals surface area contributed by atoms with Crippen molar-refractivity contribution < 1.29 is 4.79 Å². The predicted octanol–water partition coefficient (Wildman–Crippen LogP) is 3.99. The van der Waals surface area contributed by atoms with Gasteiger partial charge in [-0.15, -0.1) is 0 Å². The Labute approximate surface area is 114 Å². The van der Waals surface area contributed by atoms with Gasteiger partial charge in [-0.25, -0.2) is 0 Å². The van der Waals surface area contributed by atoms with Crippen LogP contribution >= 0.6 is 0 Å². The lowest BCUT2D eigenvalue weighted by atomic mass is 10.0. The minimum Gasteiger partial charge on any atom is -0.294 e. The van der Waals surface area contributed by atoms with Gasteiger partial charge in [-0.2, -0.15) is 0 Å². The standard InChI is InChI=1S/C18H18O/c1-15(12-16-8-4-2-5-9-16)13-18(19)14-17-10-6-3-7-11-17/h2-11,13H,12,14H2,1H3/b15-13-. The van der Waals surface area contributed by atoms with E-state index < -0.39 is 0 Å². The third-order valence-electron chi connectivity index (χ3n) is 2.95. The molecule has 0 atom stereocenters. The first-order valence-corrected chi connectivity index (χ1v) is 6.52. The Balaban J connectivity index is 1.95. The van der Waals surface area contributed by atoms with Crippen LogP contribution in [0.4, 0.5) is 0 Å². The van der Waals surface area contributed by atoms with Crippen LogP contribution in [-0.4, -0.2) is 5.78 Å². The molecule has 2 rings (SSSR count). The van der Waals surface area contributed by atoms with Crippen molar-refractivity contribution in [2.24, 2.45) is 0 Å². The van der Waals surface area contributed by atoms with E-state index in [1.807, 2.05) is 55.5 Å². The van der Waals surface area contributed by atoms with Crippen molar-refractivity contribution >= 4 is 5.78 Å². The zero-order valence-electron chi connectivity index (χ0n) is 11.2. The minimum atomic E-state index is 0.166. The van der Waals surface area contributed by atoms with E-state index in [9.17, 15) is 4.79 Å². The predicted molar refractivity (Wildman–Crippen MR) is 79.1 cm³/mol. The first kappa shape index (κ1) is 13.3. The van der Waals surface area contributed by atoms with Gasteiger partial charge < -0.3 is 0 Å². The Kier molecular flexibility index (Phi) is 4.68.